The predicted octanol–water partition coefficient (Wildman–Crippen LogP) is 5.22. The molecule has 0 bridgehead atoms. The molecule has 0 unspecified atom stereocenters. The monoisotopic (exact) mass is 354 g/mol. The van der Waals surface area contributed by atoms with Crippen LogP contribution in [-0.4, -0.2) is 19.7 Å². The molecule has 0 saturated heterocycles. The van der Waals surface area contributed by atoms with Gasteiger partial charge in [0.25, 0.3) is 0 Å². The minimum absolute atomic E-state index is 0.267. The molecule has 0 saturated carbocycles. The molecule has 0 aliphatic carbocycles. The van der Waals surface area contributed by atoms with E-state index in [1.807, 2.05) is 35.0 Å². The summed E-state index contributed by atoms with van der Waals surface area (Å²) < 4.78 is 15.1. The van der Waals surface area contributed by atoms with Crippen LogP contribution in [0.5, 0.6) is 0 Å². The van der Waals surface area contributed by atoms with Crippen LogP contribution in [0.1, 0.15) is 0 Å². The summed E-state index contributed by atoms with van der Waals surface area (Å²) in [6, 6.07) is 22.5. The Bertz CT molecular complexity index is 1220. The fourth-order valence-corrected chi connectivity index (χ4v) is 3.32. The van der Waals surface area contributed by atoms with Gasteiger partial charge in [-0.15, -0.1) is 0 Å². The molecule has 0 aliphatic rings. The highest BCUT2D eigenvalue weighted by atomic mass is 19.1. The van der Waals surface area contributed by atoms with E-state index in [0.29, 0.717) is 0 Å². The number of hydrogen-bond acceptors (Lipinski definition) is 2. The summed E-state index contributed by atoms with van der Waals surface area (Å²) in [6.07, 6.45) is 3.53. The summed E-state index contributed by atoms with van der Waals surface area (Å²) in [6.45, 7) is 0. The van der Waals surface area contributed by atoms with Gasteiger partial charge in [0.2, 0.25) is 0 Å². The summed E-state index contributed by atoms with van der Waals surface area (Å²) in [5.41, 5.74) is 5.68. The second-order valence-electron chi connectivity index (χ2n) is 6.27. The molecule has 0 radical (unpaired) electrons. The van der Waals surface area contributed by atoms with E-state index >= 15 is 0 Å². The van der Waals surface area contributed by atoms with Gasteiger partial charge >= 0.3 is 0 Å². The summed E-state index contributed by atoms with van der Waals surface area (Å²) in [7, 11) is 0. The standard InChI is InChI=1S/C22H15FN4/c23-16-6-8-17(9-7-16)27-21(11-13-25-27)18-10-12-24-22-19(18)14-20(26-22)15-4-2-1-3-5-15/h1-14H,(H,24,26). The summed E-state index contributed by atoms with van der Waals surface area (Å²) >= 11 is 0. The van der Waals surface area contributed by atoms with Crippen LogP contribution in [0.2, 0.25) is 0 Å². The van der Waals surface area contributed by atoms with Gasteiger partial charge in [0.15, 0.2) is 0 Å². The third-order valence-corrected chi connectivity index (χ3v) is 4.61. The van der Waals surface area contributed by atoms with Crippen LogP contribution in [0.3, 0.4) is 0 Å². The first kappa shape index (κ1) is 15.5. The Labute approximate surface area is 154 Å². The lowest BCUT2D eigenvalue weighted by Crippen LogP contribution is -1.99. The molecule has 5 aromatic rings. The van der Waals surface area contributed by atoms with Crippen molar-refractivity contribution in [2.45, 2.75) is 0 Å². The van der Waals surface area contributed by atoms with E-state index in [1.54, 1.807) is 24.5 Å². The van der Waals surface area contributed by atoms with Crippen LogP contribution in [0.15, 0.2) is 85.2 Å². The Hall–Kier alpha value is -3.73. The van der Waals surface area contributed by atoms with Crippen molar-refractivity contribution in [3.63, 3.8) is 0 Å². The van der Waals surface area contributed by atoms with Crippen molar-refractivity contribution in [2.24, 2.45) is 0 Å². The van der Waals surface area contributed by atoms with Gasteiger partial charge in [0.05, 0.1) is 17.6 Å². The fourth-order valence-electron chi connectivity index (χ4n) is 3.32. The molecular formula is C22H15FN4. The Balaban J connectivity index is 1.68. The van der Waals surface area contributed by atoms with Gasteiger partial charge in [0.1, 0.15) is 11.5 Å². The molecule has 5 heteroatoms. The minimum Gasteiger partial charge on any atom is -0.339 e. The maximum Gasteiger partial charge on any atom is 0.138 e. The van der Waals surface area contributed by atoms with E-state index in [9.17, 15) is 4.39 Å². The lowest BCUT2D eigenvalue weighted by Gasteiger charge is -2.08. The zero-order valence-electron chi connectivity index (χ0n) is 14.3. The van der Waals surface area contributed by atoms with E-state index in [0.717, 1.165) is 39.2 Å². The van der Waals surface area contributed by atoms with Gasteiger partial charge in [-0.3, -0.25) is 0 Å². The smallest absolute Gasteiger partial charge is 0.138 e. The average Bonchev–Trinajstić information content (AvgIpc) is 3.36. The molecule has 3 heterocycles. The maximum absolute atomic E-state index is 13.3. The number of nitrogens with one attached hydrogen (secondary N) is 1. The number of benzene rings is 2. The van der Waals surface area contributed by atoms with Crippen LogP contribution in [0.25, 0.3) is 39.2 Å². The first-order valence-corrected chi connectivity index (χ1v) is 8.63. The van der Waals surface area contributed by atoms with E-state index in [1.165, 1.54) is 12.1 Å². The highest BCUT2D eigenvalue weighted by Crippen LogP contribution is 2.32. The van der Waals surface area contributed by atoms with Gasteiger partial charge in [-0.2, -0.15) is 5.10 Å². The molecule has 27 heavy (non-hydrogen) atoms. The Morgan fingerprint density at radius 1 is 0.852 bits per heavy atom. The Morgan fingerprint density at radius 3 is 2.48 bits per heavy atom. The van der Waals surface area contributed by atoms with Crippen molar-refractivity contribution >= 4 is 11.0 Å². The van der Waals surface area contributed by atoms with Gasteiger partial charge in [-0.25, -0.2) is 14.1 Å². The van der Waals surface area contributed by atoms with Crippen molar-refractivity contribution in [1.82, 2.24) is 19.7 Å². The van der Waals surface area contributed by atoms with Crippen LogP contribution < -0.4 is 0 Å². The summed E-state index contributed by atoms with van der Waals surface area (Å²) in [4.78, 5) is 7.87. The molecule has 0 spiro atoms. The second kappa shape index (κ2) is 6.21. The molecule has 0 atom stereocenters. The third-order valence-electron chi connectivity index (χ3n) is 4.61. The lowest BCUT2D eigenvalue weighted by molar-refractivity contribution is 0.627. The summed E-state index contributed by atoms with van der Waals surface area (Å²) in [5.74, 6) is -0.267. The SMILES string of the molecule is Fc1ccc(-n2nccc2-c2ccnc3[nH]c(-c4ccccc4)cc23)cc1. The maximum atomic E-state index is 13.3. The molecular weight excluding hydrogens is 339 g/mol. The number of pyridine rings is 1. The lowest BCUT2D eigenvalue weighted by atomic mass is 10.1. The Kier molecular flexibility index (Phi) is 3.57. The predicted molar refractivity (Wildman–Crippen MR) is 104 cm³/mol. The van der Waals surface area contributed by atoms with Crippen molar-refractivity contribution in [3.05, 3.63) is 91.0 Å². The van der Waals surface area contributed by atoms with Crippen LogP contribution in [0.4, 0.5) is 4.39 Å². The third kappa shape index (κ3) is 2.69. The fraction of sp³-hybridized carbons (Fsp3) is 0. The number of aromatic amines is 1. The van der Waals surface area contributed by atoms with Crippen molar-refractivity contribution in [2.75, 3.05) is 0 Å². The molecule has 130 valence electrons. The number of halogens is 1. The number of fused-ring (bicyclic) bond motifs is 1. The molecule has 4 nitrogen and oxygen atoms in total. The van der Waals surface area contributed by atoms with Crippen molar-refractivity contribution < 1.29 is 4.39 Å². The first-order chi connectivity index (χ1) is 13.3. The van der Waals surface area contributed by atoms with Crippen LogP contribution in [-0.2, 0) is 0 Å². The Morgan fingerprint density at radius 2 is 1.67 bits per heavy atom. The summed E-state index contributed by atoms with van der Waals surface area (Å²) in [5, 5.41) is 5.44. The zero-order chi connectivity index (χ0) is 18.2. The normalized spacial score (nSPS) is 11.1. The zero-order valence-corrected chi connectivity index (χ0v) is 14.3. The highest BCUT2D eigenvalue weighted by molar-refractivity contribution is 5.95. The van der Waals surface area contributed by atoms with Gasteiger partial charge < -0.3 is 4.98 Å². The van der Waals surface area contributed by atoms with Gasteiger partial charge in [-0.05, 0) is 48.0 Å². The molecule has 0 aliphatic heterocycles. The first-order valence-electron chi connectivity index (χ1n) is 8.63. The number of rotatable bonds is 3. The minimum atomic E-state index is -0.267. The highest BCUT2D eigenvalue weighted by Gasteiger charge is 2.14. The molecule has 5 rings (SSSR count). The van der Waals surface area contributed by atoms with Gasteiger partial charge in [0, 0.05) is 22.8 Å². The quantitative estimate of drug-likeness (QED) is 0.483. The van der Waals surface area contributed by atoms with E-state index in [2.05, 4.69) is 33.3 Å². The number of nitrogens with zero attached hydrogens (tertiary/aromatic N) is 3. The van der Waals surface area contributed by atoms with E-state index < -0.39 is 0 Å². The van der Waals surface area contributed by atoms with Crippen molar-refractivity contribution in [1.29, 1.82) is 0 Å². The molecule has 0 fully saturated rings. The van der Waals surface area contributed by atoms with E-state index in [4.69, 9.17) is 0 Å². The molecule has 2 aromatic carbocycles. The average molecular weight is 354 g/mol. The van der Waals surface area contributed by atoms with Crippen LogP contribution >= 0.6 is 0 Å². The second-order valence-corrected chi connectivity index (χ2v) is 6.27. The topological polar surface area (TPSA) is 46.5 Å². The molecule has 0 amide bonds. The van der Waals surface area contributed by atoms with E-state index in [-0.39, 0.29) is 5.82 Å². The number of hydrogen-bond donors (Lipinski definition) is 1. The molecule has 3 aromatic heterocycles. The largest absolute Gasteiger partial charge is 0.339 e. The molecule has 1 N–H and O–H groups in total. The van der Waals surface area contributed by atoms with Gasteiger partial charge in [-0.1, -0.05) is 30.3 Å². The number of aromatic nitrogens is 4. The van der Waals surface area contributed by atoms with Crippen LogP contribution in [0, 0.1) is 5.82 Å². The van der Waals surface area contributed by atoms with Crippen molar-refractivity contribution in [3.8, 4) is 28.2 Å². The number of H-pyrrole nitrogens is 1.